The summed E-state index contributed by atoms with van der Waals surface area (Å²) in [6, 6.07) is 3.72. The first-order valence-electron chi connectivity index (χ1n) is 8.71. The van der Waals surface area contributed by atoms with Gasteiger partial charge in [0.15, 0.2) is 0 Å². The summed E-state index contributed by atoms with van der Waals surface area (Å²) in [5.41, 5.74) is 9.80. The first kappa shape index (κ1) is 18.1. The van der Waals surface area contributed by atoms with Gasteiger partial charge in [-0.3, -0.25) is 9.13 Å². The standard InChI is InChI=1S/C19H26N4O3/c1-19(2,3)26-18(25)23-8-6-12(7-9-23)14-10-13(20)11-15-16(14)22(5)17(24)21(15)4/h6,10-11H,7-9,20H2,1-5H3. The first-order chi connectivity index (χ1) is 12.1. The topological polar surface area (TPSA) is 82.5 Å². The molecule has 0 aliphatic carbocycles. The third-order valence-corrected chi connectivity index (χ3v) is 4.59. The average Bonchev–Trinajstić information content (AvgIpc) is 2.77. The smallest absolute Gasteiger partial charge is 0.410 e. The zero-order chi connectivity index (χ0) is 19.2. The van der Waals surface area contributed by atoms with E-state index in [1.807, 2.05) is 39.0 Å². The van der Waals surface area contributed by atoms with Crippen LogP contribution < -0.4 is 11.4 Å². The van der Waals surface area contributed by atoms with E-state index >= 15 is 0 Å². The molecule has 26 heavy (non-hydrogen) atoms. The molecule has 140 valence electrons. The van der Waals surface area contributed by atoms with Gasteiger partial charge in [0.2, 0.25) is 0 Å². The molecular formula is C19H26N4O3. The van der Waals surface area contributed by atoms with Gasteiger partial charge in [0.1, 0.15) is 5.60 Å². The number of hydrogen-bond donors (Lipinski definition) is 1. The quantitative estimate of drug-likeness (QED) is 0.794. The van der Waals surface area contributed by atoms with Crippen molar-refractivity contribution in [2.45, 2.75) is 32.8 Å². The summed E-state index contributed by atoms with van der Waals surface area (Å²) in [6.45, 7) is 6.61. The molecule has 0 unspecified atom stereocenters. The predicted molar refractivity (Wildman–Crippen MR) is 103 cm³/mol. The highest BCUT2D eigenvalue weighted by Gasteiger charge is 2.25. The van der Waals surface area contributed by atoms with Gasteiger partial charge < -0.3 is 15.4 Å². The molecule has 1 aliphatic heterocycles. The van der Waals surface area contributed by atoms with Gasteiger partial charge in [0.25, 0.3) is 0 Å². The van der Waals surface area contributed by atoms with Gasteiger partial charge >= 0.3 is 11.8 Å². The maximum Gasteiger partial charge on any atom is 0.410 e. The van der Waals surface area contributed by atoms with Gasteiger partial charge in [0, 0.05) is 38.4 Å². The minimum absolute atomic E-state index is 0.0846. The van der Waals surface area contributed by atoms with Crippen LogP contribution >= 0.6 is 0 Å². The Morgan fingerprint density at radius 2 is 1.88 bits per heavy atom. The molecule has 1 amide bonds. The molecule has 7 nitrogen and oxygen atoms in total. The Morgan fingerprint density at radius 3 is 2.46 bits per heavy atom. The van der Waals surface area contributed by atoms with Crippen LogP contribution in [-0.4, -0.2) is 38.8 Å². The maximum atomic E-state index is 12.3. The molecule has 1 aromatic carbocycles. The molecule has 0 fully saturated rings. The van der Waals surface area contributed by atoms with Gasteiger partial charge in [-0.05, 0) is 44.9 Å². The fourth-order valence-electron chi connectivity index (χ4n) is 3.32. The summed E-state index contributed by atoms with van der Waals surface area (Å²) in [6.07, 6.45) is 2.39. The van der Waals surface area contributed by atoms with Crippen molar-refractivity contribution in [3.63, 3.8) is 0 Å². The van der Waals surface area contributed by atoms with E-state index in [1.165, 1.54) is 0 Å². The molecule has 3 rings (SSSR count). The largest absolute Gasteiger partial charge is 0.444 e. The van der Waals surface area contributed by atoms with E-state index in [9.17, 15) is 9.59 Å². The molecule has 1 aliphatic rings. The van der Waals surface area contributed by atoms with Gasteiger partial charge in [-0.1, -0.05) is 6.08 Å². The molecule has 0 bridgehead atoms. The van der Waals surface area contributed by atoms with Crippen LogP contribution in [0.3, 0.4) is 0 Å². The number of carbonyl (C=O) groups is 1. The summed E-state index contributed by atoms with van der Waals surface area (Å²) in [5.74, 6) is 0. The number of anilines is 1. The van der Waals surface area contributed by atoms with Crippen LogP contribution in [0.15, 0.2) is 23.0 Å². The number of nitrogens with two attached hydrogens (primary N) is 1. The lowest BCUT2D eigenvalue weighted by Crippen LogP contribution is -2.39. The van der Waals surface area contributed by atoms with Crippen LogP contribution in [-0.2, 0) is 18.8 Å². The van der Waals surface area contributed by atoms with Crippen LogP contribution in [0.1, 0.15) is 32.8 Å². The van der Waals surface area contributed by atoms with Crippen LogP contribution in [0.4, 0.5) is 10.5 Å². The van der Waals surface area contributed by atoms with Crippen LogP contribution in [0.5, 0.6) is 0 Å². The third-order valence-electron chi connectivity index (χ3n) is 4.59. The van der Waals surface area contributed by atoms with E-state index in [2.05, 4.69) is 0 Å². The number of carbonyl (C=O) groups excluding carboxylic acids is 1. The molecule has 2 N–H and O–H groups in total. The number of rotatable bonds is 1. The van der Waals surface area contributed by atoms with Crippen molar-refractivity contribution in [1.29, 1.82) is 0 Å². The van der Waals surface area contributed by atoms with Crippen molar-refractivity contribution in [2.24, 2.45) is 14.1 Å². The Morgan fingerprint density at radius 1 is 1.19 bits per heavy atom. The second-order valence-corrected chi connectivity index (χ2v) is 7.74. The van der Waals surface area contributed by atoms with Gasteiger partial charge in [0.05, 0.1) is 11.0 Å². The van der Waals surface area contributed by atoms with Crippen LogP contribution in [0, 0.1) is 0 Å². The highest BCUT2D eigenvalue weighted by Crippen LogP contribution is 2.31. The lowest BCUT2D eigenvalue weighted by Gasteiger charge is -2.29. The Bertz CT molecular complexity index is 960. The van der Waals surface area contributed by atoms with Crippen molar-refractivity contribution >= 4 is 28.4 Å². The summed E-state index contributed by atoms with van der Waals surface area (Å²) >= 11 is 0. The highest BCUT2D eigenvalue weighted by atomic mass is 16.6. The Hall–Kier alpha value is -2.70. The molecule has 2 heterocycles. The van der Waals surface area contributed by atoms with Gasteiger partial charge in [-0.25, -0.2) is 9.59 Å². The van der Waals surface area contributed by atoms with Crippen molar-refractivity contribution in [2.75, 3.05) is 18.8 Å². The maximum absolute atomic E-state index is 12.3. The van der Waals surface area contributed by atoms with Crippen molar-refractivity contribution < 1.29 is 9.53 Å². The first-order valence-corrected chi connectivity index (χ1v) is 8.71. The molecule has 0 saturated heterocycles. The molecular weight excluding hydrogens is 332 g/mol. The number of ether oxygens (including phenoxy) is 1. The van der Waals surface area contributed by atoms with Crippen molar-refractivity contribution in [3.05, 3.63) is 34.3 Å². The Kier molecular flexibility index (Phi) is 4.34. The number of benzene rings is 1. The Labute approximate surface area is 152 Å². The molecule has 7 heteroatoms. The van der Waals surface area contributed by atoms with Gasteiger partial charge in [-0.2, -0.15) is 0 Å². The van der Waals surface area contributed by atoms with Crippen LogP contribution in [0.2, 0.25) is 0 Å². The Balaban J connectivity index is 1.95. The number of fused-ring (bicyclic) bond motifs is 1. The molecule has 0 atom stereocenters. The monoisotopic (exact) mass is 358 g/mol. The number of nitrogens with zero attached hydrogens (tertiary/aromatic N) is 3. The summed E-state index contributed by atoms with van der Waals surface area (Å²) in [7, 11) is 3.51. The molecule has 0 saturated carbocycles. The minimum Gasteiger partial charge on any atom is -0.444 e. The molecule has 0 spiro atoms. The number of imidazole rings is 1. The zero-order valence-electron chi connectivity index (χ0n) is 16.0. The number of aromatic nitrogens is 2. The normalized spacial score (nSPS) is 15.3. The second-order valence-electron chi connectivity index (χ2n) is 7.74. The summed E-state index contributed by atoms with van der Waals surface area (Å²) in [5, 5.41) is 0. The lowest BCUT2D eigenvalue weighted by atomic mass is 9.97. The molecule has 0 radical (unpaired) electrons. The van der Waals surface area contributed by atoms with E-state index in [-0.39, 0.29) is 11.8 Å². The highest BCUT2D eigenvalue weighted by molar-refractivity contribution is 5.93. The average molecular weight is 358 g/mol. The minimum atomic E-state index is -0.510. The summed E-state index contributed by atoms with van der Waals surface area (Å²) < 4.78 is 8.68. The fraction of sp³-hybridized carbons (Fsp3) is 0.474. The molecule has 2 aromatic rings. The number of nitrogen functional groups attached to an aromatic ring is 1. The lowest BCUT2D eigenvalue weighted by molar-refractivity contribution is 0.0270. The van der Waals surface area contributed by atoms with Crippen molar-refractivity contribution in [3.8, 4) is 0 Å². The van der Waals surface area contributed by atoms with E-state index in [0.717, 1.165) is 22.2 Å². The van der Waals surface area contributed by atoms with E-state index in [0.29, 0.717) is 25.2 Å². The van der Waals surface area contributed by atoms with E-state index in [4.69, 9.17) is 10.5 Å². The number of aryl methyl sites for hydroxylation is 2. The van der Waals surface area contributed by atoms with Crippen LogP contribution in [0.25, 0.3) is 16.6 Å². The van der Waals surface area contributed by atoms with E-state index in [1.54, 1.807) is 28.1 Å². The van der Waals surface area contributed by atoms with Crippen molar-refractivity contribution in [1.82, 2.24) is 14.0 Å². The number of hydrogen-bond acceptors (Lipinski definition) is 4. The fourth-order valence-corrected chi connectivity index (χ4v) is 3.32. The summed E-state index contributed by atoms with van der Waals surface area (Å²) in [4.78, 5) is 26.2. The third kappa shape index (κ3) is 3.21. The zero-order valence-corrected chi connectivity index (χ0v) is 16.0. The van der Waals surface area contributed by atoms with Gasteiger partial charge in [-0.15, -0.1) is 0 Å². The van der Waals surface area contributed by atoms with E-state index < -0.39 is 5.60 Å². The predicted octanol–water partition coefficient (Wildman–Crippen LogP) is 2.48. The SMILES string of the molecule is Cn1c(=O)n(C)c2c(C3=CCN(C(=O)OC(C)(C)C)CC3)cc(N)cc21. The second kappa shape index (κ2) is 6.23. The molecule has 1 aromatic heterocycles. The number of amides is 1.